The third-order valence-corrected chi connectivity index (χ3v) is 2.59. The Morgan fingerprint density at radius 1 is 1.06 bits per heavy atom. The van der Waals surface area contributed by atoms with Crippen molar-refractivity contribution in [2.24, 2.45) is 11.8 Å². The lowest BCUT2D eigenvalue weighted by molar-refractivity contribution is -0.121. The van der Waals surface area contributed by atoms with Gasteiger partial charge in [0, 0.05) is 19.6 Å². The molecule has 0 saturated carbocycles. The summed E-state index contributed by atoms with van der Waals surface area (Å²) >= 11 is 0. The highest BCUT2D eigenvalue weighted by molar-refractivity contribution is 5.75. The topological polar surface area (TPSA) is 38.3 Å². The van der Waals surface area contributed by atoms with Gasteiger partial charge in [0.1, 0.15) is 0 Å². The summed E-state index contributed by atoms with van der Waals surface area (Å²) < 4.78 is 5.42. The van der Waals surface area contributed by atoms with Crippen LogP contribution in [0, 0.1) is 11.8 Å². The Morgan fingerprint density at radius 3 is 2.29 bits per heavy atom. The summed E-state index contributed by atoms with van der Waals surface area (Å²) in [5, 5.41) is 2.88. The summed E-state index contributed by atoms with van der Waals surface area (Å²) in [5.74, 6) is 1.51. The standard InChI is InChI=1S/C14H29NO2/c1-12(2)6-5-7-14(16)15-9-11-17-10-8-13(3)4/h12-13H,5-11H2,1-4H3,(H,15,16). The summed E-state index contributed by atoms with van der Waals surface area (Å²) in [6, 6.07) is 0. The molecule has 0 saturated heterocycles. The fourth-order valence-corrected chi connectivity index (χ4v) is 1.44. The molecule has 0 aromatic rings. The van der Waals surface area contributed by atoms with Crippen LogP contribution in [0.2, 0.25) is 0 Å². The summed E-state index contributed by atoms with van der Waals surface area (Å²) in [5.41, 5.74) is 0. The van der Waals surface area contributed by atoms with E-state index in [0.29, 0.717) is 31.4 Å². The Hall–Kier alpha value is -0.570. The highest BCUT2D eigenvalue weighted by Crippen LogP contribution is 2.05. The fourth-order valence-electron chi connectivity index (χ4n) is 1.44. The van der Waals surface area contributed by atoms with Crippen molar-refractivity contribution in [3.8, 4) is 0 Å². The average molecular weight is 243 g/mol. The number of hydrogen-bond acceptors (Lipinski definition) is 2. The molecular weight excluding hydrogens is 214 g/mol. The molecular formula is C14H29NO2. The number of nitrogens with one attached hydrogen (secondary N) is 1. The second kappa shape index (κ2) is 10.6. The Balaban J connectivity index is 3.22. The number of hydrogen-bond donors (Lipinski definition) is 1. The SMILES string of the molecule is CC(C)CCCC(=O)NCCOCCC(C)C. The molecule has 0 aliphatic carbocycles. The lowest BCUT2D eigenvalue weighted by atomic mass is 10.1. The van der Waals surface area contributed by atoms with Gasteiger partial charge in [-0.15, -0.1) is 0 Å². The molecule has 0 radical (unpaired) electrons. The Bertz CT molecular complexity index is 191. The van der Waals surface area contributed by atoms with E-state index in [-0.39, 0.29) is 5.91 Å². The van der Waals surface area contributed by atoms with E-state index in [2.05, 4.69) is 33.0 Å². The van der Waals surface area contributed by atoms with Crippen molar-refractivity contribution >= 4 is 5.91 Å². The van der Waals surface area contributed by atoms with Gasteiger partial charge >= 0.3 is 0 Å². The Kier molecular flexibility index (Phi) is 10.2. The first-order valence-electron chi connectivity index (χ1n) is 6.86. The van der Waals surface area contributed by atoms with Crippen LogP contribution in [0.25, 0.3) is 0 Å². The average Bonchev–Trinajstić information content (AvgIpc) is 2.22. The molecule has 0 fully saturated rings. The third kappa shape index (κ3) is 13.4. The van der Waals surface area contributed by atoms with Crippen LogP contribution in [-0.2, 0) is 9.53 Å². The van der Waals surface area contributed by atoms with Crippen LogP contribution < -0.4 is 5.32 Å². The van der Waals surface area contributed by atoms with E-state index < -0.39 is 0 Å². The molecule has 1 amide bonds. The second-order valence-electron chi connectivity index (χ2n) is 5.43. The predicted molar refractivity (Wildman–Crippen MR) is 72.0 cm³/mol. The van der Waals surface area contributed by atoms with Crippen LogP contribution in [-0.4, -0.2) is 25.7 Å². The number of amides is 1. The molecule has 0 aromatic carbocycles. The third-order valence-electron chi connectivity index (χ3n) is 2.59. The molecule has 17 heavy (non-hydrogen) atoms. The zero-order valence-electron chi connectivity index (χ0n) is 11.9. The molecule has 1 N–H and O–H groups in total. The van der Waals surface area contributed by atoms with Crippen LogP contribution in [0.1, 0.15) is 53.4 Å². The van der Waals surface area contributed by atoms with Gasteiger partial charge in [0.15, 0.2) is 0 Å². The fraction of sp³-hybridized carbons (Fsp3) is 0.929. The number of ether oxygens (including phenoxy) is 1. The minimum absolute atomic E-state index is 0.151. The summed E-state index contributed by atoms with van der Waals surface area (Å²) in [6.07, 6.45) is 3.84. The number of carbonyl (C=O) groups excluding carboxylic acids is 1. The van der Waals surface area contributed by atoms with E-state index in [9.17, 15) is 4.79 Å². The molecule has 102 valence electrons. The molecule has 0 unspecified atom stereocenters. The van der Waals surface area contributed by atoms with Crippen LogP contribution in [0.15, 0.2) is 0 Å². The molecule has 3 heteroatoms. The van der Waals surface area contributed by atoms with Gasteiger partial charge in [0.05, 0.1) is 6.61 Å². The molecule has 3 nitrogen and oxygen atoms in total. The lowest BCUT2D eigenvalue weighted by Crippen LogP contribution is -2.27. The molecule has 0 atom stereocenters. The molecule has 0 spiro atoms. The minimum atomic E-state index is 0.151. The maximum Gasteiger partial charge on any atom is 0.220 e. The van der Waals surface area contributed by atoms with Crippen LogP contribution in [0.4, 0.5) is 0 Å². The van der Waals surface area contributed by atoms with Crippen molar-refractivity contribution in [2.75, 3.05) is 19.8 Å². The number of carbonyl (C=O) groups is 1. The molecule has 0 aromatic heterocycles. The smallest absolute Gasteiger partial charge is 0.220 e. The number of rotatable bonds is 10. The van der Waals surface area contributed by atoms with Crippen molar-refractivity contribution < 1.29 is 9.53 Å². The predicted octanol–water partition coefficient (Wildman–Crippen LogP) is 2.99. The van der Waals surface area contributed by atoms with E-state index in [1.165, 1.54) is 0 Å². The normalized spacial score (nSPS) is 11.2. The molecule has 0 aliphatic heterocycles. The van der Waals surface area contributed by atoms with Crippen molar-refractivity contribution in [3.63, 3.8) is 0 Å². The molecule has 0 heterocycles. The second-order valence-corrected chi connectivity index (χ2v) is 5.43. The van der Waals surface area contributed by atoms with Gasteiger partial charge in [-0.2, -0.15) is 0 Å². The minimum Gasteiger partial charge on any atom is -0.380 e. The van der Waals surface area contributed by atoms with Crippen LogP contribution >= 0.6 is 0 Å². The summed E-state index contributed by atoms with van der Waals surface area (Å²) in [4.78, 5) is 11.4. The van der Waals surface area contributed by atoms with Gasteiger partial charge in [0.2, 0.25) is 5.91 Å². The van der Waals surface area contributed by atoms with E-state index >= 15 is 0 Å². The van der Waals surface area contributed by atoms with Crippen molar-refractivity contribution in [1.29, 1.82) is 0 Å². The molecule has 0 aliphatic rings. The van der Waals surface area contributed by atoms with Gasteiger partial charge in [0.25, 0.3) is 0 Å². The van der Waals surface area contributed by atoms with Crippen molar-refractivity contribution in [3.05, 3.63) is 0 Å². The monoisotopic (exact) mass is 243 g/mol. The highest BCUT2D eigenvalue weighted by atomic mass is 16.5. The van der Waals surface area contributed by atoms with E-state index in [1.807, 2.05) is 0 Å². The van der Waals surface area contributed by atoms with E-state index in [1.54, 1.807) is 0 Å². The van der Waals surface area contributed by atoms with Gasteiger partial charge in [-0.1, -0.05) is 34.1 Å². The quantitative estimate of drug-likeness (QED) is 0.599. The van der Waals surface area contributed by atoms with Gasteiger partial charge in [-0.25, -0.2) is 0 Å². The lowest BCUT2D eigenvalue weighted by Gasteiger charge is -2.08. The Morgan fingerprint density at radius 2 is 1.71 bits per heavy atom. The summed E-state index contributed by atoms with van der Waals surface area (Å²) in [7, 11) is 0. The van der Waals surface area contributed by atoms with Gasteiger partial charge in [-0.05, 0) is 24.7 Å². The van der Waals surface area contributed by atoms with Crippen LogP contribution in [0.5, 0.6) is 0 Å². The largest absolute Gasteiger partial charge is 0.380 e. The Labute approximate surface area is 106 Å². The first-order valence-corrected chi connectivity index (χ1v) is 6.86. The van der Waals surface area contributed by atoms with Crippen LogP contribution in [0.3, 0.4) is 0 Å². The molecule has 0 bridgehead atoms. The van der Waals surface area contributed by atoms with Gasteiger partial charge in [-0.3, -0.25) is 4.79 Å². The zero-order valence-corrected chi connectivity index (χ0v) is 11.9. The zero-order chi connectivity index (χ0) is 13.1. The van der Waals surface area contributed by atoms with E-state index in [0.717, 1.165) is 25.9 Å². The first-order chi connectivity index (χ1) is 8.02. The maximum atomic E-state index is 11.4. The highest BCUT2D eigenvalue weighted by Gasteiger charge is 2.01. The maximum absolute atomic E-state index is 11.4. The van der Waals surface area contributed by atoms with Crippen molar-refractivity contribution in [1.82, 2.24) is 5.32 Å². The summed E-state index contributed by atoms with van der Waals surface area (Å²) in [6.45, 7) is 10.8. The first kappa shape index (κ1) is 16.4. The molecule has 0 rings (SSSR count). The van der Waals surface area contributed by atoms with Gasteiger partial charge < -0.3 is 10.1 Å². The van der Waals surface area contributed by atoms with Crippen molar-refractivity contribution in [2.45, 2.75) is 53.4 Å². The van der Waals surface area contributed by atoms with E-state index in [4.69, 9.17) is 4.74 Å².